The Morgan fingerprint density at radius 3 is 2.23 bits per heavy atom. The fraction of sp³-hybridized carbons (Fsp3) is 0.533. The Morgan fingerprint density at radius 2 is 1.64 bits per heavy atom. The van der Waals surface area contributed by atoms with Gasteiger partial charge in [0.05, 0.1) is 6.54 Å². The molecule has 0 bridgehead atoms. The van der Waals surface area contributed by atoms with Gasteiger partial charge in [0, 0.05) is 45.8 Å². The molecule has 0 unspecified atom stereocenters. The largest absolute Gasteiger partial charge is 0.351 e. The molecule has 5 nitrogen and oxygen atoms in total. The van der Waals surface area contributed by atoms with Gasteiger partial charge in [-0.1, -0.05) is 30.3 Å². The maximum Gasteiger partial charge on any atom is 0.234 e. The molecule has 1 heterocycles. The molecule has 0 aromatic heterocycles. The molecule has 0 spiro atoms. The third-order valence-corrected chi connectivity index (χ3v) is 3.61. The fourth-order valence-corrected chi connectivity index (χ4v) is 2.41. The normalized spacial score (nSPS) is 15.5. The summed E-state index contributed by atoms with van der Waals surface area (Å²) in [5.41, 5.74) is 6.68. The van der Waals surface area contributed by atoms with Gasteiger partial charge in [0.25, 0.3) is 0 Å². The van der Waals surface area contributed by atoms with Crippen molar-refractivity contribution >= 4 is 30.7 Å². The van der Waals surface area contributed by atoms with Crippen LogP contribution in [0, 0.1) is 0 Å². The van der Waals surface area contributed by atoms with Crippen LogP contribution in [0.25, 0.3) is 0 Å². The van der Waals surface area contributed by atoms with E-state index >= 15 is 0 Å². The number of hydrogen-bond donors (Lipinski definition) is 2. The second-order valence-electron chi connectivity index (χ2n) is 5.17. The van der Waals surface area contributed by atoms with Gasteiger partial charge in [-0.2, -0.15) is 0 Å². The standard InChI is InChI=1S/C15H24N4O.2ClH/c16-6-7-18-8-10-19(11-9-18)13-15(20)17-12-14-4-2-1-3-5-14;;/h1-5H,6-13,16H2,(H,17,20);2*1H. The summed E-state index contributed by atoms with van der Waals surface area (Å²) in [5.74, 6) is 0.0983. The van der Waals surface area contributed by atoms with Crippen molar-refractivity contribution in [3.05, 3.63) is 35.9 Å². The van der Waals surface area contributed by atoms with Crippen LogP contribution in [0.2, 0.25) is 0 Å². The van der Waals surface area contributed by atoms with Gasteiger partial charge < -0.3 is 11.1 Å². The molecule has 2 rings (SSSR count). The monoisotopic (exact) mass is 348 g/mol. The maximum atomic E-state index is 11.9. The van der Waals surface area contributed by atoms with Crippen LogP contribution in [-0.2, 0) is 11.3 Å². The molecule has 3 N–H and O–H groups in total. The van der Waals surface area contributed by atoms with Gasteiger partial charge in [-0.15, -0.1) is 24.8 Å². The number of carbonyl (C=O) groups excluding carboxylic acids is 1. The highest BCUT2D eigenvalue weighted by atomic mass is 35.5. The van der Waals surface area contributed by atoms with Crippen LogP contribution in [0.5, 0.6) is 0 Å². The van der Waals surface area contributed by atoms with Gasteiger partial charge in [0.1, 0.15) is 0 Å². The molecular formula is C15H26Cl2N4O. The predicted molar refractivity (Wildman–Crippen MR) is 94.7 cm³/mol. The van der Waals surface area contributed by atoms with Crippen LogP contribution in [0.4, 0.5) is 0 Å². The van der Waals surface area contributed by atoms with Crippen LogP contribution in [0.15, 0.2) is 30.3 Å². The molecule has 0 radical (unpaired) electrons. The smallest absolute Gasteiger partial charge is 0.234 e. The van der Waals surface area contributed by atoms with E-state index in [0.29, 0.717) is 19.6 Å². The fourth-order valence-electron chi connectivity index (χ4n) is 2.41. The summed E-state index contributed by atoms with van der Waals surface area (Å²) in [6.45, 7) is 6.64. The zero-order valence-electron chi connectivity index (χ0n) is 12.7. The SMILES string of the molecule is Cl.Cl.NCCN1CCN(CC(=O)NCc2ccccc2)CC1. The van der Waals surface area contributed by atoms with E-state index in [1.807, 2.05) is 30.3 Å². The van der Waals surface area contributed by atoms with E-state index in [1.54, 1.807) is 0 Å². The number of hydrogen-bond acceptors (Lipinski definition) is 4. The lowest BCUT2D eigenvalue weighted by Crippen LogP contribution is -2.50. The van der Waals surface area contributed by atoms with Gasteiger partial charge >= 0.3 is 0 Å². The highest BCUT2D eigenvalue weighted by molar-refractivity contribution is 5.85. The molecule has 22 heavy (non-hydrogen) atoms. The van der Waals surface area contributed by atoms with E-state index in [1.165, 1.54) is 0 Å². The van der Waals surface area contributed by atoms with Crippen LogP contribution in [-0.4, -0.2) is 61.5 Å². The van der Waals surface area contributed by atoms with E-state index in [4.69, 9.17) is 5.73 Å². The molecule has 0 aliphatic carbocycles. The van der Waals surface area contributed by atoms with Crippen molar-refractivity contribution < 1.29 is 4.79 Å². The van der Waals surface area contributed by atoms with Crippen molar-refractivity contribution in [2.75, 3.05) is 45.8 Å². The van der Waals surface area contributed by atoms with Crippen molar-refractivity contribution in [3.63, 3.8) is 0 Å². The van der Waals surface area contributed by atoms with Crippen LogP contribution < -0.4 is 11.1 Å². The maximum absolute atomic E-state index is 11.9. The molecular weight excluding hydrogens is 323 g/mol. The van der Waals surface area contributed by atoms with E-state index in [0.717, 1.165) is 38.3 Å². The second-order valence-corrected chi connectivity index (χ2v) is 5.17. The predicted octanol–water partition coefficient (Wildman–Crippen LogP) is 0.723. The quantitative estimate of drug-likeness (QED) is 0.795. The lowest BCUT2D eigenvalue weighted by atomic mass is 10.2. The third-order valence-electron chi connectivity index (χ3n) is 3.61. The Balaban J connectivity index is 0.00000220. The molecule has 0 atom stereocenters. The van der Waals surface area contributed by atoms with Crippen molar-refractivity contribution in [1.29, 1.82) is 0 Å². The number of nitrogens with one attached hydrogen (secondary N) is 1. The van der Waals surface area contributed by atoms with E-state index in [-0.39, 0.29) is 30.7 Å². The van der Waals surface area contributed by atoms with Crippen molar-refractivity contribution in [2.45, 2.75) is 6.54 Å². The molecule has 1 aromatic rings. The first-order valence-corrected chi connectivity index (χ1v) is 7.23. The van der Waals surface area contributed by atoms with Crippen LogP contribution in [0.3, 0.4) is 0 Å². The molecule has 1 aliphatic rings. The summed E-state index contributed by atoms with van der Waals surface area (Å²) in [4.78, 5) is 16.5. The third kappa shape index (κ3) is 7.42. The average molecular weight is 349 g/mol. The minimum Gasteiger partial charge on any atom is -0.351 e. The van der Waals surface area contributed by atoms with Gasteiger partial charge in [-0.25, -0.2) is 0 Å². The molecule has 0 saturated carbocycles. The molecule has 7 heteroatoms. The number of piperazine rings is 1. The van der Waals surface area contributed by atoms with Gasteiger partial charge in [-0.05, 0) is 5.56 Å². The Morgan fingerprint density at radius 1 is 1.05 bits per heavy atom. The van der Waals surface area contributed by atoms with Crippen molar-refractivity contribution in [3.8, 4) is 0 Å². The molecule has 1 amide bonds. The Bertz CT molecular complexity index is 411. The average Bonchev–Trinajstić information content (AvgIpc) is 2.49. The number of nitrogens with zero attached hydrogens (tertiary/aromatic N) is 2. The van der Waals surface area contributed by atoms with Gasteiger partial charge in [0.2, 0.25) is 5.91 Å². The first-order valence-electron chi connectivity index (χ1n) is 7.23. The zero-order chi connectivity index (χ0) is 14.2. The Labute approximate surface area is 145 Å². The summed E-state index contributed by atoms with van der Waals surface area (Å²) in [6, 6.07) is 9.99. The van der Waals surface area contributed by atoms with Gasteiger partial charge in [-0.3, -0.25) is 14.6 Å². The Kier molecular flexibility index (Phi) is 11.2. The minimum atomic E-state index is 0. The lowest BCUT2D eigenvalue weighted by molar-refractivity contribution is -0.122. The number of benzene rings is 1. The van der Waals surface area contributed by atoms with Crippen molar-refractivity contribution in [2.24, 2.45) is 5.73 Å². The van der Waals surface area contributed by atoms with Crippen molar-refractivity contribution in [1.82, 2.24) is 15.1 Å². The Hall–Kier alpha value is -0.850. The number of nitrogens with two attached hydrogens (primary N) is 1. The topological polar surface area (TPSA) is 61.6 Å². The summed E-state index contributed by atoms with van der Waals surface area (Å²) in [6.07, 6.45) is 0. The zero-order valence-corrected chi connectivity index (χ0v) is 14.4. The first-order chi connectivity index (χ1) is 9.78. The highest BCUT2D eigenvalue weighted by Crippen LogP contribution is 2.01. The van der Waals surface area contributed by atoms with Gasteiger partial charge in [0.15, 0.2) is 0 Å². The number of carbonyl (C=O) groups is 1. The number of halogens is 2. The summed E-state index contributed by atoms with van der Waals surface area (Å²) >= 11 is 0. The summed E-state index contributed by atoms with van der Waals surface area (Å²) < 4.78 is 0. The number of rotatable bonds is 6. The molecule has 1 fully saturated rings. The summed E-state index contributed by atoms with van der Waals surface area (Å²) in [5, 5.41) is 2.97. The highest BCUT2D eigenvalue weighted by Gasteiger charge is 2.17. The minimum absolute atomic E-state index is 0. The molecule has 1 aromatic carbocycles. The number of amides is 1. The first kappa shape index (κ1) is 21.1. The van der Waals surface area contributed by atoms with Crippen LogP contribution in [0.1, 0.15) is 5.56 Å². The van der Waals surface area contributed by atoms with E-state index in [2.05, 4.69) is 15.1 Å². The summed E-state index contributed by atoms with van der Waals surface area (Å²) in [7, 11) is 0. The van der Waals surface area contributed by atoms with Crippen LogP contribution >= 0.6 is 24.8 Å². The molecule has 1 aliphatic heterocycles. The molecule has 126 valence electrons. The van der Waals surface area contributed by atoms with E-state index in [9.17, 15) is 4.79 Å². The van der Waals surface area contributed by atoms with E-state index < -0.39 is 0 Å². The molecule has 1 saturated heterocycles. The lowest BCUT2D eigenvalue weighted by Gasteiger charge is -2.33. The second kappa shape index (κ2) is 11.7.